The zero-order valence-electron chi connectivity index (χ0n) is 9.03. The van der Waals surface area contributed by atoms with Crippen LogP contribution < -0.4 is 4.74 Å². The SMILES string of the molecule is Cc1ccc(OCc2nnsc2Cl)c(C)c1. The zero-order chi connectivity index (χ0) is 11.5. The van der Waals surface area contributed by atoms with Crippen LogP contribution in [0.2, 0.25) is 4.34 Å². The fraction of sp³-hybridized carbons (Fsp3) is 0.273. The highest BCUT2D eigenvalue weighted by atomic mass is 35.5. The summed E-state index contributed by atoms with van der Waals surface area (Å²) in [5.74, 6) is 0.856. The summed E-state index contributed by atoms with van der Waals surface area (Å²) in [6, 6.07) is 6.05. The van der Waals surface area contributed by atoms with Crippen LogP contribution in [0.1, 0.15) is 16.8 Å². The first kappa shape index (κ1) is 11.4. The summed E-state index contributed by atoms with van der Waals surface area (Å²) in [5.41, 5.74) is 3.02. The van der Waals surface area contributed by atoms with Crippen molar-refractivity contribution in [2.75, 3.05) is 0 Å². The van der Waals surface area contributed by atoms with Gasteiger partial charge in [-0.1, -0.05) is 33.8 Å². The molecule has 16 heavy (non-hydrogen) atoms. The van der Waals surface area contributed by atoms with Crippen molar-refractivity contribution in [2.24, 2.45) is 0 Å². The molecule has 0 spiro atoms. The van der Waals surface area contributed by atoms with Gasteiger partial charge < -0.3 is 4.74 Å². The Balaban J connectivity index is 2.08. The number of ether oxygens (including phenoxy) is 1. The van der Waals surface area contributed by atoms with Crippen LogP contribution in [0.15, 0.2) is 18.2 Å². The minimum atomic E-state index is 0.360. The van der Waals surface area contributed by atoms with Gasteiger partial charge in [-0.2, -0.15) is 0 Å². The van der Waals surface area contributed by atoms with E-state index in [0.717, 1.165) is 11.3 Å². The average Bonchev–Trinajstić information content (AvgIpc) is 2.63. The van der Waals surface area contributed by atoms with Crippen LogP contribution in [0.5, 0.6) is 5.75 Å². The smallest absolute Gasteiger partial charge is 0.141 e. The Labute approximate surface area is 103 Å². The quantitative estimate of drug-likeness (QED) is 0.842. The van der Waals surface area contributed by atoms with Gasteiger partial charge in [0, 0.05) is 11.5 Å². The second-order valence-corrected chi connectivity index (χ2v) is 4.91. The Morgan fingerprint density at radius 3 is 2.81 bits per heavy atom. The third-order valence-corrected chi connectivity index (χ3v) is 3.19. The first-order valence-electron chi connectivity index (χ1n) is 4.83. The lowest BCUT2D eigenvalue weighted by Gasteiger charge is -2.08. The van der Waals surface area contributed by atoms with E-state index in [9.17, 15) is 0 Å². The van der Waals surface area contributed by atoms with Crippen molar-refractivity contribution in [2.45, 2.75) is 20.5 Å². The second-order valence-electron chi connectivity index (χ2n) is 3.55. The van der Waals surface area contributed by atoms with Crippen molar-refractivity contribution < 1.29 is 4.74 Å². The largest absolute Gasteiger partial charge is 0.487 e. The Morgan fingerprint density at radius 2 is 2.19 bits per heavy atom. The Bertz CT molecular complexity index is 498. The number of aromatic nitrogens is 2. The molecule has 2 rings (SSSR count). The van der Waals surface area contributed by atoms with Crippen molar-refractivity contribution in [3.63, 3.8) is 0 Å². The van der Waals surface area contributed by atoms with Gasteiger partial charge >= 0.3 is 0 Å². The van der Waals surface area contributed by atoms with Crippen LogP contribution in [-0.2, 0) is 6.61 Å². The van der Waals surface area contributed by atoms with Crippen molar-refractivity contribution in [3.8, 4) is 5.75 Å². The van der Waals surface area contributed by atoms with Gasteiger partial charge in [-0.3, -0.25) is 0 Å². The normalized spacial score (nSPS) is 10.4. The molecule has 1 aromatic carbocycles. The van der Waals surface area contributed by atoms with Gasteiger partial charge in [0.25, 0.3) is 0 Å². The maximum atomic E-state index is 5.88. The van der Waals surface area contributed by atoms with E-state index in [-0.39, 0.29) is 0 Å². The summed E-state index contributed by atoms with van der Waals surface area (Å²) in [4.78, 5) is 0. The standard InChI is InChI=1S/C11H11ClN2OS/c1-7-3-4-10(8(2)5-7)15-6-9-11(12)16-14-13-9/h3-5H,6H2,1-2H3. The molecule has 84 valence electrons. The molecule has 0 aliphatic heterocycles. The summed E-state index contributed by atoms with van der Waals surface area (Å²) in [5, 5.41) is 3.89. The number of rotatable bonds is 3. The molecule has 1 heterocycles. The lowest BCUT2D eigenvalue weighted by atomic mass is 10.1. The predicted molar refractivity (Wildman–Crippen MR) is 65.2 cm³/mol. The Kier molecular flexibility index (Phi) is 3.41. The van der Waals surface area contributed by atoms with Gasteiger partial charge in [0.1, 0.15) is 22.4 Å². The third-order valence-electron chi connectivity index (χ3n) is 2.20. The van der Waals surface area contributed by atoms with Crippen molar-refractivity contribution >= 4 is 23.1 Å². The molecular weight excluding hydrogens is 244 g/mol. The van der Waals surface area contributed by atoms with Crippen LogP contribution in [0.25, 0.3) is 0 Å². The summed E-state index contributed by atoms with van der Waals surface area (Å²) in [6.07, 6.45) is 0. The summed E-state index contributed by atoms with van der Waals surface area (Å²) in [7, 11) is 0. The molecule has 0 aliphatic carbocycles. The summed E-state index contributed by atoms with van der Waals surface area (Å²) < 4.78 is 9.97. The molecule has 2 aromatic rings. The Hall–Kier alpha value is -1.13. The van der Waals surface area contributed by atoms with Gasteiger partial charge in [-0.25, -0.2) is 0 Å². The number of benzene rings is 1. The molecule has 0 saturated heterocycles. The molecule has 0 aliphatic rings. The zero-order valence-corrected chi connectivity index (χ0v) is 10.6. The van der Waals surface area contributed by atoms with Crippen LogP contribution in [-0.4, -0.2) is 9.59 Å². The van der Waals surface area contributed by atoms with Gasteiger partial charge in [0.2, 0.25) is 0 Å². The minimum Gasteiger partial charge on any atom is -0.487 e. The number of aryl methyl sites for hydroxylation is 2. The van der Waals surface area contributed by atoms with E-state index in [1.165, 1.54) is 17.1 Å². The third kappa shape index (κ3) is 2.51. The Morgan fingerprint density at radius 1 is 1.38 bits per heavy atom. The van der Waals surface area contributed by atoms with Crippen molar-refractivity contribution in [1.29, 1.82) is 0 Å². The molecule has 0 atom stereocenters. The maximum Gasteiger partial charge on any atom is 0.141 e. The van der Waals surface area contributed by atoms with Crippen LogP contribution in [0.3, 0.4) is 0 Å². The van der Waals surface area contributed by atoms with Crippen molar-refractivity contribution in [1.82, 2.24) is 9.59 Å². The molecule has 0 amide bonds. The lowest BCUT2D eigenvalue weighted by Crippen LogP contribution is -1.98. The molecule has 0 unspecified atom stereocenters. The van der Waals surface area contributed by atoms with Gasteiger partial charge in [-0.15, -0.1) is 5.10 Å². The van der Waals surface area contributed by atoms with E-state index in [1.807, 2.05) is 19.1 Å². The fourth-order valence-corrected chi connectivity index (χ4v) is 1.99. The fourth-order valence-electron chi connectivity index (χ4n) is 1.39. The van der Waals surface area contributed by atoms with Crippen molar-refractivity contribution in [3.05, 3.63) is 39.4 Å². The van der Waals surface area contributed by atoms with Crippen LogP contribution >= 0.6 is 23.1 Å². The molecule has 0 saturated carbocycles. The molecule has 1 aromatic heterocycles. The summed E-state index contributed by atoms with van der Waals surface area (Å²) in [6.45, 7) is 4.43. The maximum absolute atomic E-state index is 5.88. The molecule has 0 fully saturated rings. The topological polar surface area (TPSA) is 35.0 Å². The molecular formula is C11H11ClN2OS. The number of nitrogens with zero attached hydrogens (tertiary/aromatic N) is 2. The number of halogens is 1. The lowest BCUT2D eigenvalue weighted by molar-refractivity contribution is 0.299. The van der Waals surface area contributed by atoms with Gasteiger partial charge in [0.15, 0.2) is 0 Å². The van der Waals surface area contributed by atoms with Gasteiger partial charge in [-0.05, 0) is 25.5 Å². The van der Waals surface area contributed by atoms with E-state index >= 15 is 0 Å². The number of hydrogen-bond donors (Lipinski definition) is 0. The van der Waals surface area contributed by atoms with E-state index in [0.29, 0.717) is 16.6 Å². The highest BCUT2D eigenvalue weighted by molar-refractivity contribution is 7.10. The summed E-state index contributed by atoms with van der Waals surface area (Å²) >= 11 is 7.06. The van der Waals surface area contributed by atoms with E-state index in [2.05, 4.69) is 22.6 Å². The van der Waals surface area contributed by atoms with E-state index in [1.54, 1.807) is 0 Å². The second kappa shape index (κ2) is 4.80. The predicted octanol–water partition coefficient (Wildman–Crippen LogP) is 3.39. The molecule has 0 N–H and O–H groups in total. The molecule has 5 heteroatoms. The minimum absolute atomic E-state index is 0.360. The van der Waals surface area contributed by atoms with Gasteiger partial charge in [0.05, 0.1) is 0 Å². The van der Waals surface area contributed by atoms with E-state index in [4.69, 9.17) is 16.3 Å². The molecule has 0 bridgehead atoms. The first-order chi connectivity index (χ1) is 7.66. The number of hydrogen-bond acceptors (Lipinski definition) is 4. The monoisotopic (exact) mass is 254 g/mol. The average molecular weight is 255 g/mol. The molecule has 0 radical (unpaired) electrons. The van der Waals surface area contributed by atoms with Crippen LogP contribution in [0.4, 0.5) is 0 Å². The van der Waals surface area contributed by atoms with Crippen LogP contribution in [0, 0.1) is 13.8 Å². The highest BCUT2D eigenvalue weighted by Crippen LogP contribution is 2.22. The first-order valence-corrected chi connectivity index (χ1v) is 5.99. The van der Waals surface area contributed by atoms with E-state index < -0.39 is 0 Å². The highest BCUT2D eigenvalue weighted by Gasteiger charge is 2.07. The molecule has 3 nitrogen and oxygen atoms in total.